The van der Waals surface area contributed by atoms with Gasteiger partial charge in [0, 0.05) is 13.1 Å². The van der Waals surface area contributed by atoms with Crippen LogP contribution in [0.3, 0.4) is 0 Å². The van der Waals surface area contributed by atoms with Gasteiger partial charge in [-0.3, -0.25) is 0 Å². The molecule has 0 atom stereocenters. The minimum atomic E-state index is -0.508. The molecule has 1 aromatic carbocycles. The summed E-state index contributed by atoms with van der Waals surface area (Å²) in [5, 5.41) is 7.85. The van der Waals surface area contributed by atoms with E-state index in [1.54, 1.807) is 0 Å². The maximum absolute atomic E-state index is 6.10. The lowest BCUT2D eigenvalue weighted by atomic mass is 9.49. The topological polar surface area (TPSA) is 33.3 Å². The lowest BCUT2D eigenvalue weighted by Gasteiger charge is -2.57. The van der Waals surface area contributed by atoms with Crippen LogP contribution >= 0.6 is 0 Å². The van der Waals surface area contributed by atoms with Crippen molar-refractivity contribution in [2.45, 2.75) is 71.3 Å². The molecule has 1 aromatic rings. The predicted molar refractivity (Wildman–Crippen MR) is 127 cm³/mol. The van der Waals surface area contributed by atoms with Crippen molar-refractivity contribution in [1.82, 2.24) is 0 Å². The molecule has 0 aromatic heterocycles. The van der Waals surface area contributed by atoms with Crippen molar-refractivity contribution in [3.63, 3.8) is 0 Å². The normalized spacial score (nSPS) is 31.1. The van der Waals surface area contributed by atoms with Gasteiger partial charge in [-0.1, -0.05) is 39.8 Å². The van der Waals surface area contributed by atoms with Crippen molar-refractivity contribution in [1.29, 1.82) is 0 Å². The Kier molecular flexibility index (Phi) is 6.32. The molecule has 29 heavy (non-hydrogen) atoms. The van der Waals surface area contributed by atoms with Gasteiger partial charge in [0.05, 0.1) is 18.0 Å². The van der Waals surface area contributed by atoms with E-state index in [1.165, 1.54) is 49.9 Å². The maximum atomic E-state index is 6.10. The SMILES string of the molecule is CC(C)C(C)(C)[SiH2]OCCNc1ccccc1NCC12CC3CC(CC(C3)C1)C2. The fraction of sp³-hybridized carbons (Fsp3) is 0.760. The van der Waals surface area contributed by atoms with Crippen LogP contribution in [-0.2, 0) is 4.43 Å². The molecule has 2 N–H and O–H groups in total. The summed E-state index contributed by atoms with van der Waals surface area (Å²) in [6.07, 6.45) is 8.96. The summed E-state index contributed by atoms with van der Waals surface area (Å²) in [4.78, 5) is 0. The van der Waals surface area contributed by atoms with E-state index in [0.29, 0.717) is 16.4 Å². The number of para-hydroxylation sites is 2. The largest absolute Gasteiger partial charge is 0.422 e. The summed E-state index contributed by atoms with van der Waals surface area (Å²) >= 11 is 0. The molecular weight excluding hydrogens is 372 g/mol. The molecule has 4 fully saturated rings. The van der Waals surface area contributed by atoms with Gasteiger partial charge < -0.3 is 15.1 Å². The fourth-order valence-electron chi connectivity index (χ4n) is 6.34. The molecular formula is C25H42N2OSi. The smallest absolute Gasteiger partial charge is 0.167 e. The van der Waals surface area contributed by atoms with Crippen molar-refractivity contribution in [3.8, 4) is 0 Å². The van der Waals surface area contributed by atoms with Gasteiger partial charge in [-0.25, -0.2) is 0 Å². The molecule has 0 spiro atoms. The van der Waals surface area contributed by atoms with Gasteiger partial charge in [-0.2, -0.15) is 0 Å². The van der Waals surface area contributed by atoms with Gasteiger partial charge in [0.25, 0.3) is 0 Å². The second-order valence-electron chi connectivity index (χ2n) is 11.4. The highest BCUT2D eigenvalue weighted by atomic mass is 28.2. The third-order valence-corrected chi connectivity index (χ3v) is 10.4. The Morgan fingerprint density at radius 1 is 1.00 bits per heavy atom. The average molecular weight is 415 g/mol. The van der Waals surface area contributed by atoms with Crippen LogP contribution in [0.15, 0.2) is 24.3 Å². The molecule has 0 amide bonds. The summed E-state index contributed by atoms with van der Waals surface area (Å²) in [6.45, 7) is 12.2. The van der Waals surface area contributed by atoms with Gasteiger partial charge >= 0.3 is 0 Å². The monoisotopic (exact) mass is 414 g/mol. The molecule has 4 aliphatic rings. The number of rotatable bonds is 10. The summed E-state index contributed by atoms with van der Waals surface area (Å²) < 4.78 is 6.10. The molecule has 4 saturated carbocycles. The first-order valence-electron chi connectivity index (χ1n) is 12.0. The first-order valence-corrected chi connectivity index (χ1v) is 13.3. The van der Waals surface area contributed by atoms with Crippen LogP contribution in [0.5, 0.6) is 0 Å². The number of hydrogen-bond donors (Lipinski definition) is 2. The van der Waals surface area contributed by atoms with Crippen molar-refractivity contribution in [3.05, 3.63) is 24.3 Å². The highest BCUT2D eigenvalue weighted by Crippen LogP contribution is 2.60. The minimum Gasteiger partial charge on any atom is -0.422 e. The number of nitrogens with one attached hydrogen (secondary N) is 2. The molecule has 0 aliphatic heterocycles. The van der Waals surface area contributed by atoms with Crippen LogP contribution in [0.1, 0.15) is 66.2 Å². The van der Waals surface area contributed by atoms with Gasteiger partial charge in [-0.15, -0.1) is 0 Å². The minimum absolute atomic E-state index is 0.372. The Balaban J connectivity index is 1.27. The van der Waals surface area contributed by atoms with Crippen LogP contribution in [0.25, 0.3) is 0 Å². The molecule has 4 bridgehead atoms. The molecule has 162 valence electrons. The van der Waals surface area contributed by atoms with Crippen LogP contribution in [-0.4, -0.2) is 29.5 Å². The standard InChI is InChI=1S/C25H42N2OSi/c1-18(2)24(3,4)29-28-10-9-26-22-7-5-6-8-23(22)27-17-25-14-19-11-20(15-25)13-21(12-19)16-25/h5-8,18-21,26-27H,9-17,29H2,1-4H3. The van der Waals surface area contributed by atoms with Crippen LogP contribution < -0.4 is 10.6 Å². The Bertz CT molecular complexity index is 652. The highest BCUT2D eigenvalue weighted by molar-refractivity contribution is 6.32. The third-order valence-electron chi connectivity index (χ3n) is 8.34. The van der Waals surface area contributed by atoms with Gasteiger partial charge in [0.15, 0.2) is 9.76 Å². The van der Waals surface area contributed by atoms with Gasteiger partial charge in [0.1, 0.15) is 0 Å². The summed E-state index contributed by atoms with van der Waals surface area (Å²) in [6, 6.07) is 8.73. The van der Waals surface area contributed by atoms with E-state index in [1.807, 2.05) is 0 Å². The number of benzene rings is 1. The molecule has 0 saturated heterocycles. The summed E-state index contributed by atoms with van der Waals surface area (Å²) in [5.41, 5.74) is 3.06. The van der Waals surface area contributed by atoms with Crippen molar-refractivity contribution in [2.24, 2.45) is 29.1 Å². The average Bonchev–Trinajstić information content (AvgIpc) is 2.65. The maximum Gasteiger partial charge on any atom is 0.167 e. The molecule has 3 nitrogen and oxygen atoms in total. The van der Waals surface area contributed by atoms with Crippen molar-refractivity contribution in [2.75, 3.05) is 30.3 Å². The van der Waals surface area contributed by atoms with Gasteiger partial charge in [-0.05, 0) is 84.8 Å². The van der Waals surface area contributed by atoms with Crippen LogP contribution in [0.4, 0.5) is 11.4 Å². The summed E-state index contributed by atoms with van der Waals surface area (Å²) in [5.74, 6) is 3.75. The van der Waals surface area contributed by atoms with E-state index >= 15 is 0 Å². The van der Waals surface area contributed by atoms with Gasteiger partial charge in [0.2, 0.25) is 0 Å². The Morgan fingerprint density at radius 2 is 1.55 bits per heavy atom. The molecule has 4 aliphatic carbocycles. The van der Waals surface area contributed by atoms with E-state index < -0.39 is 9.76 Å². The predicted octanol–water partition coefficient (Wildman–Crippen LogP) is 5.68. The highest BCUT2D eigenvalue weighted by Gasteiger charge is 2.50. The molecule has 5 rings (SSSR count). The zero-order valence-electron chi connectivity index (χ0n) is 19.1. The lowest BCUT2D eigenvalue weighted by Crippen LogP contribution is -2.49. The molecule has 4 heteroatoms. The first-order chi connectivity index (χ1) is 13.9. The van der Waals surface area contributed by atoms with Crippen molar-refractivity contribution >= 4 is 21.1 Å². The van der Waals surface area contributed by atoms with E-state index in [4.69, 9.17) is 4.43 Å². The third kappa shape index (κ3) is 5.02. The number of hydrogen-bond acceptors (Lipinski definition) is 3. The Hall–Kier alpha value is -1.00. The number of anilines is 2. The van der Waals surface area contributed by atoms with Crippen LogP contribution in [0, 0.1) is 29.1 Å². The molecule has 0 unspecified atom stereocenters. The zero-order chi connectivity index (χ0) is 20.5. The molecule has 0 radical (unpaired) electrons. The molecule has 0 heterocycles. The summed E-state index contributed by atoms with van der Waals surface area (Å²) in [7, 11) is -0.508. The zero-order valence-corrected chi connectivity index (χ0v) is 20.5. The second kappa shape index (κ2) is 8.62. The van der Waals surface area contributed by atoms with E-state index in [-0.39, 0.29) is 0 Å². The van der Waals surface area contributed by atoms with E-state index in [0.717, 1.165) is 37.5 Å². The van der Waals surface area contributed by atoms with Crippen LogP contribution in [0.2, 0.25) is 5.04 Å². The first kappa shape index (κ1) is 21.2. The quantitative estimate of drug-likeness (QED) is 0.381. The fourth-order valence-corrected chi connectivity index (χ4v) is 7.49. The van der Waals surface area contributed by atoms with Crippen molar-refractivity contribution < 1.29 is 4.43 Å². The second-order valence-corrected chi connectivity index (χ2v) is 14.0. The van der Waals surface area contributed by atoms with E-state index in [2.05, 4.69) is 62.6 Å². The van der Waals surface area contributed by atoms with E-state index in [9.17, 15) is 0 Å². The Morgan fingerprint density at radius 3 is 2.10 bits per heavy atom. The lowest BCUT2D eigenvalue weighted by molar-refractivity contribution is -0.0444. The Labute approximate surface area is 180 Å².